The molecule has 0 spiro atoms. The maximum absolute atomic E-state index is 11.0. The average Bonchev–Trinajstić information content (AvgIpc) is 2.59. The number of aliphatic hydroxyl groups excluding tert-OH is 1. The van der Waals surface area contributed by atoms with Crippen molar-refractivity contribution in [3.63, 3.8) is 0 Å². The summed E-state index contributed by atoms with van der Waals surface area (Å²) in [6.45, 7) is 3.48. The Labute approximate surface area is 103 Å². The molecule has 3 unspecified atom stereocenters. The third-order valence-corrected chi connectivity index (χ3v) is 4.04. The minimum absolute atomic E-state index is 0.0539. The van der Waals surface area contributed by atoms with Crippen molar-refractivity contribution in [2.75, 3.05) is 13.1 Å². The van der Waals surface area contributed by atoms with E-state index < -0.39 is 0 Å². The SMILES string of the molecule is CC(=O)NC1CCN(C2CCCCCC2O)C1. The highest BCUT2D eigenvalue weighted by Crippen LogP contribution is 2.25. The predicted molar refractivity (Wildman–Crippen MR) is 66.7 cm³/mol. The Hall–Kier alpha value is -0.610. The molecular formula is C13H24N2O2. The molecule has 2 fully saturated rings. The van der Waals surface area contributed by atoms with Crippen LogP contribution in [0.4, 0.5) is 0 Å². The van der Waals surface area contributed by atoms with E-state index in [2.05, 4.69) is 10.2 Å². The number of nitrogens with zero attached hydrogens (tertiary/aromatic N) is 1. The lowest BCUT2D eigenvalue weighted by Gasteiger charge is -2.30. The molecule has 1 aliphatic heterocycles. The van der Waals surface area contributed by atoms with Gasteiger partial charge in [0.05, 0.1) is 6.10 Å². The van der Waals surface area contributed by atoms with Gasteiger partial charge >= 0.3 is 0 Å². The number of hydrogen-bond acceptors (Lipinski definition) is 3. The first kappa shape index (κ1) is 12.8. The van der Waals surface area contributed by atoms with Crippen molar-refractivity contribution < 1.29 is 9.90 Å². The van der Waals surface area contributed by atoms with Gasteiger partial charge in [-0.05, 0) is 19.3 Å². The van der Waals surface area contributed by atoms with Gasteiger partial charge in [0.1, 0.15) is 0 Å². The van der Waals surface area contributed by atoms with E-state index in [1.807, 2.05) is 0 Å². The molecule has 0 bridgehead atoms. The summed E-state index contributed by atoms with van der Waals surface area (Å²) >= 11 is 0. The molecule has 4 nitrogen and oxygen atoms in total. The zero-order valence-corrected chi connectivity index (χ0v) is 10.7. The van der Waals surface area contributed by atoms with E-state index in [1.165, 1.54) is 12.8 Å². The molecule has 2 aliphatic rings. The normalized spacial score (nSPS) is 35.5. The molecule has 0 aromatic heterocycles. The van der Waals surface area contributed by atoms with Gasteiger partial charge in [0.15, 0.2) is 0 Å². The zero-order valence-electron chi connectivity index (χ0n) is 10.7. The number of carbonyl (C=O) groups is 1. The molecule has 0 aromatic carbocycles. The van der Waals surface area contributed by atoms with E-state index >= 15 is 0 Å². The molecule has 1 amide bonds. The van der Waals surface area contributed by atoms with Gasteiger partial charge in [0, 0.05) is 32.1 Å². The second-order valence-corrected chi connectivity index (χ2v) is 5.45. The highest BCUT2D eigenvalue weighted by atomic mass is 16.3. The van der Waals surface area contributed by atoms with Gasteiger partial charge < -0.3 is 10.4 Å². The summed E-state index contributed by atoms with van der Waals surface area (Å²) in [6.07, 6.45) is 6.51. The zero-order chi connectivity index (χ0) is 12.3. The molecule has 1 aliphatic carbocycles. The number of likely N-dealkylation sites (tertiary alicyclic amines) is 1. The number of rotatable bonds is 2. The van der Waals surface area contributed by atoms with Crippen molar-refractivity contribution >= 4 is 5.91 Å². The van der Waals surface area contributed by atoms with Crippen molar-refractivity contribution in [2.45, 2.75) is 63.6 Å². The molecule has 2 N–H and O–H groups in total. The van der Waals surface area contributed by atoms with Crippen LogP contribution in [-0.4, -0.2) is 47.2 Å². The van der Waals surface area contributed by atoms with E-state index in [9.17, 15) is 9.90 Å². The van der Waals surface area contributed by atoms with Crippen LogP contribution in [0.15, 0.2) is 0 Å². The minimum Gasteiger partial charge on any atom is -0.391 e. The van der Waals surface area contributed by atoms with Crippen LogP contribution < -0.4 is 5.32 Å². The molecule has 4 heteroatoms. The standard InChI is InChI=1S/C13H24N2O2/c1-10(16)14-11-7-8-15(9-11)12-5-3-2-4-6-13(12)17/h11-13,17H,2-9H2,1H3,(H,14,16). The Balaban J connectivity index is 1.87. The van der Waals surface area contributed by atoms with Crippen LogP contribution >= 0.6 is 0 Å². The van der Waals surface area contributed by atoms with Crippen LogP contribution in [0.25, 0.3) is 0 Å². The maximum atomic E-state index is 11.0. The third-order valence-electron chi connectivity index (χ3n) is 4.04. The van der Waals surface area contributed by atoms with Crippen LogP contribution in [0.5, 0.6) is 0 Å². The number of carbonyl (C=O) groups excluding carboxylic acids is 1. The first-order valence-electron chi connectivity index (χ1n) is 6.86. The Bertz CT molecular complexity index is 270. The lowest BCUT2D eigenvalue weighted by Crippen LogP contribution is -2.44. The number of hydrogen-bond donors (Lipinski definition) is 2. The first-order chi connectivity index (χ1) is 8.16. The second-order valence-electron chi connectivity index (χ2n) is 5.45. The number of nitrogens with one attached hydrogen (secondary N) is 1. The van der Waals surface area contributed by atoms with E-state index in [1.54, 1.807) is 6.92 Å². The van der Waals surface area contributed by atoms with Crippen LogP contribution in [0.1, 0.15) is 45.4 Å². The van der Waals surface area contributed by atoms with Crippen molar-refractivity contribution in [2.24, 2.45) is 0 Å². The van der Waals surface area contributed by atoms with Crippen LogP contribution in [0, 0.1) is 0 Å². The molecular weight excluding hydrogens is 216 g/mol. The van der Waals surface area contributed by atoms with E-state index in [0.29, 0.717) is 6.04 Å². The average molecular weight is 240 g/mol. The highest BCUT2D eigenvalue weighted by Gasteiger charge is 2.32. The van der Waals surface area contributed by atoms with Crippen molar-refractivity contribution in [1.82, 2.24) is 10.2 Å². The van der Waals surface area contributed by atoms with Crippen LogP contribution in [0.3, 0.4) is 0 Å². The predicted octanol–water partition coefficient (Wildman–Crippen LogP) is 0.890. The van der Waals surface area contributed by atoms with Crippen molar-refractivity contribution in [3.8, 4) is 0 Å². The van der Waals surface area contributed by atoms with E-state index in [-0.39, 0.29) is 18.1 Å². The van der Waals surface area contributed by atoms with Crippen LogP contribution in [0.2, 0.25) is 0 Å². The summed E-state index contributed by atoms with van der Waals surface area (Å²) in [5, 5.41) is 13.1. The topological polar surface area (TPSA) is 52.6 Å². The summed E-state index contributed by atoms with van der Waals surface area (Å²) in [6, 6.07) is 0.596. The lowest BCUT2D eigenvalue weighted by atomic mass is 10.0. The lowest BCUT2D eigenvalue weighted by molar-refractivity contribution is -0.119. The van der Waals surface area contributed by atoms with Crippen molar-refractivity contribution in [1.29, 1.82) is 0 Å². The van der Waals surface area contributed by atoms with Gasteiger partial charge in [-0.25, -0.2) is 0 Å². The summed E-state index contributed by atoms with van der Waals surface area (Å²) in [4.78, 5) is 13.4. The summed E-state index contributed by atoms with van der Waals surface area (Å²) in [5.74, 6) is 0.0539. The fourth-order valence-electron chi connectivity index (χ4n) is 3.19. The van der Waals surface area contributed by atoms with E-state index in [4.69, 9.17) is 0 Å². The van der Waals surface area contributed by atoms with Gasteiger partial charge in [-0.3, -0.25) is 9.69 Å². The molecule has 98 valence electrons. The number of aliphatic hydroxyl groups is 1. The molecule has 1 heterocycles. The Morgan fingerprint density at radius 3 is 2.76 bits per heavy atom. The van der Waals surface area contributed by atoms with E-state index in [0.717, 1.165) is 38.8 Å². The maximum Gasteiger partial charge on any atom is 0.217 e. The molecule has 1 saturated heterocycles. The molecule has 3 atom stereocenters. The van der Waals surface area contributed by atoms with Gasteiger partial charge in [0.2, 0.25) is 5.91 Å². The smallest absolute Gasteiger partial charge is 0.217 e. The van der Waals surface area contributed by atoms with Gasteiger partial charge in [0.25, 0.3) is 0 Å². The Morgan fingerprint density at radius 1 is 1.24 bits per heavy atom. The minimum atomic E-state index is -0.173. The summed E-state index contributed by atoms with van der Waals surface area (Å²) in [7, 11) is 0. The largest absolute Gasteiger partial charge is 0.391 e. The summed E-state index contributed by atoms with van der Waals surface area (Å²) < 4.78 is 0. The molecule has 0 aromatic rings. The first-order valence-corrected chi connectivity index (χ1v) is 6.86. The van der Waals surface area contributed by atoms with Crippen molar-refractivity contribution in [3.05, 3.63) is 0 Å². The molecule has 0 radical (unpaired) electrons. The van der Waals surface area contributed by atoms with Gasteiger partial charge in [-0.1, -0.05) is 19.3 Å². The quantitative estimate of drug-likeness (QED) is 0.705. The Morgan fingerprint density at radius 2 is 2.00 bits per heavy atom. The molecule has 17 heavy (non-hydrogen) atoms. The summed E-state index contributed by atoms with van der Waals surface area (Å²) in [5.41, 5.74) is 0. The molecule has 2 rings (SSSR count). The van der Waals surface area contributed by atoms with Gasteiger partial charge in [-0.15, -0.1) is 0 Å². The number of amides is 1. The fraction of sp³-hybridized carbons (Fsp3) is 0.923. The fourth-order valence-corrected chi connectivity index (χ4v) is 3.19. The van der Waals surface area contributed by atoms with Gasteiger partial charge in [-0.2, -0.15) is 0 Å². The second kappa shape index (κ2) is 5.83. The highest BCUT2D eigenvalue weighted by molar-refractivity contribution is 5.73. The third kappa shape index (κ3) is 3.42. The Kier molecular flexibility index (Phi) is 4.40. The molecule has 1 saturated carbocycles. The monoisotopic (exact) mass is 240 g/mol. The van der Waals surface area contributed by atoms with Crippen LogP contribution in [-0.2, 0) is 4.79 Å².